The monoisotopic (exact) mass is 223 g/mol. The molecule has 1 rings (SSSR count). The van der Waals surface area contributed by atoms with Gasteiger partial charge in [-0.2, -0.15) is 0 Å². The van der Waals surface area contributed by atoms with Gasteiger partial charge in [0.1, 0.15) is 0 Å². The summed E-state index contributed by atoms with van der Waals surface area (Å²) in [5.41, 5.74) is 1.01. The first-order valence-electron chi connectivity index (χ1n) is 6.06. The van der Waals surface area contributed by atoms with Crippen LogP contribution in [-0.2, 0) is 0 Å². The van der Waals surface area contributed by atoms with E-state index in [4.69, 9.17) is 0 Å². The zero-order valence-corrected chi connectivity index (χ0v) is 10.6. The molecule has 0 spiro atoms. The second-order valence-electron chi connectivity index (χ2n) is 3.75. The van der Waals surface area contributed by atoms with E-state index in [1.54, 1.807) is 6.08 Å². The fourth-order valence-corrected chi connectivity index (χ4v) is 2.03. The maximum absolute atomic E-state index is 9.52. The van der Waals surface area contributed by atoms with Crippen LogP contribution in [-0.4, -0.2) is 24.8 Å². The van der Waals surface area contributed by atoms with Crippen molar-refractivity contribution in [1.29, 1.82) is 0 Å². The zero-order valence-electron chi connectivity index (χ0n) is 10.6. The first-order chi connectivity index (χ1) is 7.79. The smallest absolute Gasteiger partial charge is 0.0528 e. The van der Waals surface area contributed by atoms with E-state index in [0.717, 1.165) is 31.5 Å². The van der Waals surface area contributed by atoms with Gasteiger partial charge in [0, 0.05) is 5.41 Å². The number of allylic oxidation sites excluding steroid dienone is 3. The van der Waals surface area contributed by atoms with Crippen molar-refractivity contribution in [1.82, 2.24) is 5.32 Å². The summed E-state index contributed by atoms with van der Waals surface area (Å²) in [5, 5.41) is 12.8. The average Bonchev–Trinajstić information content (AvgIpc) is 2.39. The minimum absolute atomic E-state index is 0.0960. The molecule has 1 saturated heterocycles. The maximum Gasteiger partial charge on any atom is 0.0528 e. The average molecular weight is 223 g/mol. The first-order valence-corrected chi connectivity index (χ1v) is 6.06. The Morgan fingerprint density at radius 1 is 1.31 bits per heavy atom. The number of aliphatic hydroxyl groups is 1. The van der Waals surface area contributed by atoms with E-state index < -0.39 is 0 Å². The van der Waals surface area contributed by atoms with Crippen LogP contribution in [0.25, 0.3) is 0 Å². The van der Waals surface area contributed by atoms with Crippen molar-refractivity contribution < 1.29 is 5.11 Å². The molecular formula is C14H25NO. The predicted octanol–water partition coefficient (Wildman–Crippen LogP) is 2.67. The molecule has 92 valence electrons. The summed E-state index contributed by atoms with van der Waals surface area (Å²) in [6, 6.07) is 0. The van der Waals surface area contributed by atoms with E-state index >= 15 is 0 Å². The number of nitrogens with one attached hydrogen (secondary N) is 1. The highest BCUT2D eigenvalue weighted by molar-refractivity contribution is 5.29. The molecule has 0 radical (unpaired) electrons. The molecule has 0 aromatic heterocycles. The van der Waals surface area contributed by atoms with Crippen LogP contribution in [0.1, 0.15) is 26.7 Å². The van der Waals surface area contributed by atoms with Crippen molar-refractivity contribution in [3.8, 4) is 0 Å². The normalized spacial score (nSPS) is 19.3. The third-order valence-corrected chi connectivity index (χ3v) is 2.99. The van der Waals surface area contributed by atoms with Gasteiger partial charge in [0.05, 0.1) is 6.61 Å². The summed E-state index contributed by atoms with van der Waals surface area (Å²) in [6.07, 6.45) is 7.48. The second kappa shape index (κ2) is 8.31. The molecule has 0 bridgehead atoms. The number of hydrogen-bond acceptors (Lipinski definition) is 2. The van der Waals surface area contributed by atoms with Crippen molar-refractivity contribution in [3.05, 3.63) is 37.0 Å². The first kappa shape index (κ1) is 15.1. The lowest BCUT2D eigenvalue weighted by molar-refractivity contribution is 0.126. The van der Waals surface area contributed by atoms with Crippen LogP contribution in [0.2, 0.25) is 0 Å². The van der Waals surface area contributed by atoms with Crippen molar-refractivity contribution in [2.24, 2.45) is 5.41 Å². The number of rotatable bonds is 4. The highest BCUT2D eigenvalue weighted by Crippen LogP contribution is 2.36. The lowest BCUT2D eigenvalue weighted by Gasteiger charge is -2.37. The fourth-order valence-electron chi connectivity index (χ4n) is 2.03. The molecule has 0 unspecified atom stereocenters. The maximum atomic E-state index is 9.52. The topological polar surface area (TPSA) is 32.3 Å². The molecule has 0 aromatic carbocycles. The number of hydrogen-bond donors (Lipinski definition) is 2. The minimum Gasteiger partial charge on any atom is -0.395 e. The summed E-state index contributed by atoms with van der Waals surface area (Å²) in [6.45, 7) is 13.6. The SMILES string of the molecule is C=C/C=C(\C=C)C1(CO)CCNCC1.CC. The molecule has 2 nitrogen and oxygen atoms in total. The van der Waals surface area contributed by atoms with Gasteiger partial charge in [0.25, 0.3) is 0 Å². The molecule has 1 aliphatic rings. The van der Waals surface area contributed by atoms with Gasteiger partial charge in [-0.1, -0.05) is 45.2 Å². The molecule has 2 N–H and O–H groups in total. The Labute approximate surface area is 99.8 Å². The van der Waals surface area contributed by atoms with Gasteiger partial charge in [-0.25, -0.2) is 0 Å². The van der Waals surface area contributed by atoms with Crippen molar-refractivity contribution in [3.63, 3.8) is 0 Å². The molecule has 0 saturated carbocycles. The molecule has 1 fully saturated rings. The fraction of sp³-hybridized carbons (Fsp3) is 0.571. The standard InChI is InChI=1S/C12H19NO.C2H6/c1-3-5-11(4-2)12(10-14)6-8-13-9-7-12;1-2/h3-5,13-14H,1-2,6-10H2;1-2H3/b11-5+;. The van der Waals surface area contributed by atoms with Crippen molar-refractivity contribution in [2.75, 3.05) is 19.7 Å². The number of aliphatic hydroxyl groups excluding tert-OH is 1. The highest BCUT2D eigenvalue weighted by Gasteiger charge is 2.33. The van der Waals surface area contributed by atoms with E-state index in [1.807, 2.05) is 26.0 Å². The Bertz CT molecular complexity index is 237. The molecule has 1 aliphatic heterocycles. The highest BCUT2D eigenvalue weighted by atomic mass is 16.3. The van der Waals surface area contributed by atoms with E-state index in [9.17, 15) is 5.11 Å². The van der Waals surface area contributed by atoms with Gasteiger partial charge in [-0.3, -0.25) is 0 Å². The van der Waals surface area contributed by atoms with Gasteiger partial charge in [-0.15, -0.1) is 0 Å². The molecule has 16 heavy (non-hydrogen) atoms. The second-order valence-corrected chi connectivity index (χ2v) is 3.75. The van der Waals surface area contributed by atoms with Crippen LogP contribution in [0.3, 0.4) is 0 Å². The Hall–Kier alpha value is -0.860. The molecule has 0 atom stereocenters. The predicted molar refractivity (Wildman–Crippen MR) is 71.4 cm³/mol. The van der Waals surface area contributed by atoms with Crippen LogP contribution in [0.15, 0.2) is 37.0 Å². The minimum atomic E-state index is -0.0960. The molecule has 2 heteroatoms. The van der Waals surface area contributed by atoms with E-state index in [2.05, 4.69) is 18.5 Å². The number of piperidine rings is 1. The van der Waals surface area contributed by atoms with Gasteiger partial charge in [0.2, 0.25) is 0 Å². The Morgan fingerprint density at radius 3 is 2.25 bits per heavy atom. The van der Waals surface area contributed by atoms with E-state index in [-0.39, 0.29) is 12.0 Å². The van der Waals surface area contributed by atoms with Crippen molar-refractivity contribution >= 4 is 0 Å². The van der Waals surface area contributed by atoms with Crippen LogP contribution < -0.4 is 5.32 Å². The van der Waals surface area contributed by atoms with E-state index in [1.165, 1.54) is 0 Å². The molecule has 0 aromatic rings. The van der Waals surface area contributed by atoms with Gasteiger partial charge >= 0.3 is 0 Å². The third kappa shape index (κ3) is 3.62. The van der Waals surface area contributed by atoms with Crippen LogP contribution in [0.5, 0.6) is 0 Å². The summed E-state index contributed by atoms with van der Waals surface area (Å²) in [4.78, 5) is 0. The summed E-state index contributed by atoms with van der Waals surface area (Å²) in [5.74, 6) is 0. The van der Waals surface area contributed by atoms with Gasteiger partial charge in [-0.05, 0) is 31.5 Å². The van der Waals surface area contributed by atoms with Crippen LogP contribution in [0, 0.1) is 5.41 Å². The van der Waals surface area contributed by atoms with Crippen molar-refractivity contribution in [2.45, 2.75) is 26.7 Å². The molecule has 0 aliphatic carbocycles. The van der Waals surface area contributed by atoms with E-state index in [0.29, 0.717) is 0 Å². The van der Waals surface area contributed by atoms with Crippen LogP contribution in [0.4, 0.5) is 0 Å². The quantitative estimate of drug-likeness (QED) is 0.718. The molecule has 1 heterocycles. The Morgan fingerprint density at radius 2 is 1.88 bits per heavy atom. The lowest BCUT2D eigenvalue weighted by atomic mass is 9.73. The largest absolute Gasteiger partial charge is 0.395 e. The molecule has 0 amide bonds. The Balaban J connectivity index is 0.00000106. The summed E-state index contributed by atoms with van der Waals surface area (Å²) in [7, 11) is 0. The Kier molecular flexibility index (Phi) is 7.86. The zero-order chi connectivity index (χ0) is 12.4. The molecular weight excluding hydrogens is 198 g/mol. The lowest BCUT2D eigenvalue weighted by Crippen LogP contribution is -2.40. The third-order valence-electron chi connectivity index (χ3n) is 2.99. The van der Waals surface area contributed by atoms with Gasteiger partial charge in [0.15, 0.2) is 0 Å². The summed E-state index contributed by atoms with van der Waals surface area (Å²) >= 11 is 0. The van der Waals surface area contributed by atoms with Crippen LogP contribution >= 0.6 is 0 Å². The summed E-state index contributed by atoms with van der Waals surface area (Å²) < 4.78 is 0. The van der Waals surface area contributed by atoms with Gasteiger partial charge < -0.3 is 10.4 Å².